The summed E-state index contributed by atoms with van der Waals surface area (Å²) in [7, 11) is 0. The number of allylic oxidation sites excluding steroid dienone is 1. The Labute approximate surface area is 132 Å². The van der Waals surface area contributed by atoms with E-state index in [0.29, 0.717) is 6.04 Å². The second-order valence-corrected chi connectivity index (χ2v) is 6.54. The molecule has 0 heterocycles. The van der Waals surface area contributed by atoms with Crippen molar-refractivity contribution in [3.05, 3.63) is 45.4 Å². The number of hydrogen-bond acceptors (Lipinski definition) is 1. The molecule has 1 N–H and O–H groups in total. The van der Waals surface area contributed by atoms with Crippen molar-refractivity contribution in [1.82, 2.24) is 5.32 Å². The molecule has 0 radical (unpaired) electrons. The zero-order valence-corrected chi connectivity index (χ0v) is 14.3. The fraction of sp³-hybridized carbons (Fsp3) is 0.556. The van der Waals surface area contributed by atoms with Crippen LogP contribution in [0.3, 0.4) is 0 Å². The molecule has 0 bridgehead atoms. The summed E-state index contributed by atoms with van der Waals surface area (Å²) < 4.78 is 1.26. The molecule has 2 rings (SSSR count). The fourth-order valence-electron chi connectivity index (χ4n) is 2.92. The molecular formula is C18H26BrN. The quantitative estimate of drug-likeness (QED) is 0.681. The topological polar surface area (TPSA) is 12.0 Å². The zero-order valence-electron chi connectivity index (χ0n) is 12.7. The molecular weight excluding hydrogens is 310 g/mol. The van der Waals surface area contributed by atoms with E-state index in [4.69, 9.17) is 0 Å². The van der Waals surface area contributed by atoms with Crippen molar-refractivity contribution in [2.75, 3.05) is 6.54 Å². The first-order valence-corrected chi connectivity index (χ1v) is 8.70. The molecule has 0 fully saturated rings. The van der Waals surface area contributed by atoms with Crippen LogP contribution in [0.25, 0.3) is 0 Å². The van der Waals surface area contributed by atoms with Crippen molar-refractivity contribution in [2.45, 2.75) is 58.4 Å². The van der Waals surface area contributed by atoms with E-state index in [1.54, 1.807) is 5.57 Å². The Balaban J connectivity index is 2.30. The highest BCUT2D eigenvalue weighted by Gasteiger charge is 2.19. The van der Waals surface area contributed by atoms with Crippen molar-refractivity contribution in [3.63, 3.8) is 0 Å². The summed E-state index contributed by atoms with van der Waals surface area (Å²) in [4.78, 5) is 0. The molecule has 1 aliphatic carbocycles. The Bertz CT molecular complexity index is 464. The highest BCUT2D eigenvalue weighted by molar-refractivity contribution is 9.10. The van der Waals surface area contributed by atoms with Crippen LogP contribution in [-0.4, -0.2) is 6.54 Å². The lowest BCUT2D eigenvalue weighted by Crippen LogP contribution is -2.24. The average Bonchev–Trinajstić information content (AvgIpc) is 2.73. The summed E-state index contributed by atoms with van der Waals surface area (Å²) in [5.41, 5.74) is 4.30. The second kappa shape index (κ2) is 7.99. The predicted molar refractivity (Wildman–Crippen MR) is 91.1 cm³/mol. The van der Waals surface area contributed by atoms with E-state index < -0.39 is 0 Å². The Morgan fingerprint density at radius 1 is 1.25 bits per heavy atom. The normalized spacial score (nSPS) is 17.4. The predicted octanol–water partition coefficient (Wildman–Crippen LogP) is 5.69. The standard InChI is InChI=1S/C18H26BrN/c1-3-13-20-18(15-10-6-4-5-7-11-15)16-12-8-9-14(2)17(16)19/h8-10,12,18,20H,3-7,11,13H2,1-2H3. The molecule has 2 heteroatoms. The molecule has 1 aromatic rings. The van der Waals surface area contributed by atoms with Crippen LogP contribution >= 0.6 is 15.9 Å². The molecule has 20 heavy (non-hydrogen) atoms. The van der Waals surface area contributed by atoms with Crippen LogP contribution in [0.15, 0.2) is 34.3 Å². The van der Waals surface area contributed by atoms with Crippen LogP contribution in [0.1, 0.15) is 62.6 Å². The lowest BCUT2D eigenvalue weighted by atomic mass is 9.94. The number of benzene rings is 1. The van der Waals surface area contributed by atoms with Gasteiger partial charge in [-0.3, -0.25) is 0 Å². The van der Waals surface area contributed by atoms with Gasteiger partial charge in [-0.15, -0.1) is 0 Å². The van der Waals surface area contributed by atoms with Crippen molar-refractivity contribution in [2.24, 2.45) is 0 Å². The fourth-order valence-corrected chi connectivity index (χ4v) is 3.42. The maximum atomic E-state index is 3.79. The summed E-state index contributed by atoms with van der Waals surface area (Å²) in [5.74, 6) is 0. The molecule has 0 amide bonds. The third-order valence-corrected chi connectivity index (χ3v) is 5.16. The van der Waals surface area contributed by atoms with Gasteiger partial charge in [-0.25, -0.2) is 0 Å². The van der Waals surface area contributed by atoms with Gasteiger partial charge in [0.25, 0.3) is 0 Å². The van der Waals surface area contributed by atoms with Gasteiger partial charge in [-0.2, -0.15) is 0 Å². The summed E-state index contributed by atoms with van der Waals surface area (Å²) in [6.45, 7) is 5.48. The van der Waals surface area contributed by atoms with Crippen LogP contribution in [0.2, 0.25) is 0 Å². The van der Waals surface area contributed by atoms with E-state index in [0.717, 1.165) is 6.54 Å². The van der Waals surface area contributed by atoms with E-state index in [1.165, 1.54) is 54.1 Å². The van der Waals surface area contributed by atoms with Crippen LogP contribution < -0.4 is 5.32 Å². The van der Waals surface area contributed by atoms with Gasteiger partial charge >= 0.3 is 0 Å². The Hall–Kier alpha value is -0.600. The number of nitrogens with one attached hydrogen (secondary N) is 1. The van der Waals surface area contributed by atoms with Gasteiger partial charge in [-0.1, -0.05) is 59.1 Å². The molecule has 0 aliphatic heterocycles. The van der Waals surface area contributed by atoms with Gasteiger partial charge in [0, 0.05) is 4.47 Å². The van der Waals surface area contributed by atoms with E-state index in [1.807, 2.05) is 0 Å². The van der Waals surface area contributed by atoms with Crippen LogP contribution in [0, 0.1) is 6.92 Å². The maximum Gasteiger partial charge on any atom is 0.0547 e. The largest absolute Gasteiger partial charge is 0.306 e. The summed E-state index contributed by atoms with van der Waals surface area (Å²) in [5, 5.41) is 3.75. The smallest absolute Gasteiger partial charge is 0.0547 e. The Kier molecular flexibility index (Phi) is 6.31. The minimum absolute atomic E-state index is 0.377. The molecule has 0 aromatic heterocycles. The van der Waals surface area contributed by atoms with E-state index in [-0.39, 0.29) is 0 Å². The Morgan fingerprint density at radius 2 is 2.10 bits per heavy atom. The molecule has 0 saturated heterocycles. The SMILES string of the molecule is CCCNC(C1=CCCCCC1)c1cccc(C)c1Br. The molecule has 1 nitrogen and oxygen atoms in total. The highest BCUT2D eigenvalue weighted by atomic mass is 79.9. The van der Waals surface area contributed by atoms with Crippen molar-refractivity contribution < 1.29 is 0 Å². The monoisotopic (exact) mass is 335 g/mol. The second-order valence-electron chi connectivity index (χ2n) is 5.74. The molecule has 110 valence electrons. The molecule has 0 spiro atoms. The van der Waals surface area contributed by atoms with E-state index >= 15 is 0 Å². The first kappa shape index (κ1) is 15.8. The van der Waals surface area contributed by atoms with Gasteiger partial charge in [0.2, 0.25) is 0 Å². The number of aryl methyl sites for hydroxylation is 1. The molecule has 0 saturated carbocycles. The van der Waals surface area contributed by atoms with Crippen LogP contribution in [-0.2, 0) is 0 Å². The van der Waals surface area contributed by atoms with Gasteiger partial charge in [0.15, 0.2) is 0 Å². The minimum Gasteiger partial charge on any atom is -0.306 e. The third-order valence-electron chi connectivity index (χ3n) is 4.08. The van der Waals surface area contributed by atoms with Crippen LogP contribution in [0.5, 0.6) is 0 Å². The van der Waals surface area contributed by atoms with Gasteiger partial charge in [0.1, 0.15) is 0 Å². The van der Waals surface area contributed by atoms with Crippen molar-refractivity contribution in [3.8, 4) is 0 Å². The average molecular weight is 336 g/mol. The van der Waals surface area contributed by atoms with Gasteiger partial charge in [0.05, 0.1) is 6.04 Å². The van der Waals surface area contributed by atoms with Crippen molar-refractivity contribution >= 4 is 15.9 Å². The highest BCUT2D eigenvalue weighted by Crippen LogP contribution is 2.34. The zero-order chi connectivity index (χ0) is 14.4. The first-order chi connectivity index (χ1) is 9.74. The van der Waals surface area contributed by atoms with E-state index in [2.05, 4.69) is 59.4 Å². The number of rotatable bonds is 5. The summed E-state index contributed by atoms with van der Waals surface area (Å²) in [6, 6.07) is 6.98. The van der Waals surface area contributed by atoms with Gasteiger partial charge < -0.3 is 5.32 Å². The third kappa shape index (κ3) is 3.95. The van der Waals surface area contributed by atoms with E-state index in [9.17, 15) is 0 Å². The molecule has 1 atom stereocenters. The lowest BCUT2D eigenvalue weighted by molar-refractivity contribution is 0.565. The van der Waals surface area contributed by atoms with Crippen molar-refractivity contribution in [1.29, 1.82) is 0 Å². The molecule has 1 unspecified atom stereocenters. The summed E-state index contributed by atoms with van der Waals surface area (Å²) in [6.07, 6.45) is 10.2. The molecule has 1 aromatic carbocycles. The number of halogens is 1. The minimum atomic E-state index is 0.377. The number of hydrogen-bond donors (Lipinski definition) is 1. The molecule has 1 aliphatic rings. The maximum absolute atomic E-state index is 3.79. The lowest BCUT2D eigenvalue weighted by Gasteiger charge is -2.24. The first-order valence-electron chi connectivity index (χ1n) is 7.91. The van der Waals surface area contributed by atoms with Gasteiger partial charge in [-0.05, 0) is 56.7 Å². The summed E-state index contributed by atoms with van der Waals surface area (Å²) >= 11 is 3.79. The Morgan fingerprint density at radius 3 is 2.90 bits per heavy atom. The van der Waals surface area contributed by atoms with Crippen LogP contribution in [0.4, 0.5) is 0 Å².